The third-order valence-corrected chi connectivity index (χ3v) is 4.07. The largest absolute Gasteiger partial charge is 0.312 e. The molecule has 1 N–H and O–H groups in total. The number of hydrogen-bond donors (Lipinski definition) is 1. The van der Waals surface area contributed by atoms with E-state index < -0.39 is 0 Å². The summed E-state index contributed by atoms with van der Waals surface area (Å²) in [6, 6.07) is 2.12. The first-order valence-corrected chi connectivity index (χ1v) is 7.81. The molecule has 0 spiro atoms. The highest BCUT2D eigenvalue weighted by Gasteiger charge is 2.19. The van der Waals surface area contributed by atoms with Gasteiger partial charge in [-0.1, -0.05) is 13.3 Å². The lowest BCUT2D eigenvalue weighted by Crippen LogP contribution is -2.36. The van der Waals surface area contributed by atoms with Gasteiger partial charge in [0, 0.05) is 43.9 Å². The van der Waals surface area contributed by atoms with Gasteiger partial charge >= 0.3 is 0 Å². The Bertz CT molecular complexity index is 507. The van der Waals surface area contributed by atoms with Gasteiger partial charge in [0.15, 0.2) is 0 Å². The molecule has 20 heavy (non-hydrogen) atoms. The number of fused-ring (bicyclic) bond motifs is 1. The molecule has 0 aliphatic carbocycles. The Balaban J connectivity index is 2.24. The lowest BCUT2D eigenvalue weighted by Gasteiger charge is -2.28. The van der Waals surface area contributed by atoms with Gasteiger partial charge in [-0.15, -0.1) is 0 Å². The lowest BCUT2D eigenvalue weighted by molar-refractivity contribution is 0.304. The molecule has 0 amide bonds. The maximum absolute atomic E-state index is 12.5. The number of unbranched alkanes of at least 4 members (excludes halogenated alkanes) is 1. The summed E-state index contributed by atoms with van der Waals surface area (Å²) in [5.41, 5.74) is 3.68. The highest BCUT2D eigenvalue weighted by atomic mass is 16.1. The second-order valence-electron chi connectivity index (χ2n) is 5.71. The second kappa shape index (κ2) is 7.04. The first-order valence-electron chi connectivity index (χ1n) is 7.81. The molecule has 0 atom stereocenters. The summed E-state index contributed by atoms with van der Waals surface area (Å²) in [5, 5.41) is 3.39. The van der Waals surface area contributed by atoms with Crippen molar-refractivity contribution in [2.45, 2.75) is 52.7 Å². The molecule has 0 radical (unpaired) electrons. The Hall–Kier alpha value is -1.13. The average molecular weight is 277 g/mol. The van der Waals surface area contributed by atoms with E-state index in [9.17, 15) is 4.79 Å². The predicted octanol–water partition coefficient (Wildman–Crippen LogP) is 1.75. The van der Waals surface area contributed by atoms with Crippen LogP contribution in [0.2, 0.25) is 0 Å². The first kappa shape index (κ1) is 15.3. The molecule has 0 saturated carbocycles. The maximum Gasteiger partial charge on any atom is 0.255 e. The van der Waals surface area contributed by atoms with Crippen LogP contribution in [0.3, 0.4) is 0 Å². The van der Waals surface area contributed by atoms with Gasteiger partial charge in [-0.05, 0) is 38.6 Å². The molecule has 0 aromatic carbocycles. The van der Waals surface area contributed by atoms with E-state index in [0.717, 1.165) is 44.6 Å². The van der Waals surface area contributed by atoms with Gasteiger partial charge < -0.3 is 14.8 Å². The van der Waals surface area contributed by atoms with Crippen LogP contribution in [0, 0.1) is 0 Å². The van der Waals surface area contributed by atoms with Gasteiger partial charge in [-0.2, -0.15) is 0 Å². The lowest BCUT2D eigenvalue weighted by atomic mass is 10.0. The zero-order chi connectivity index (χ0) is 14.5. The van der Waals surface area contributed by atoms with Crippen molar-refractivity contribution < 1.29 is 0 Å². The molecule has 4 nitrogen and oxygen atoms in total. The molecule has 0 saturated heterocycles. The molecule has 4 heteroatoms. The van der Waals surface area contributed by atoms with Crippen molar-refractivity contribution in [3.05, 3.63) is 33.2 Å². The topological polar surface area (TPSA) is 37.3 Å². The molecular formula is C16H27N3O. The van der Waals surface area contributed by atoms with Crippen molar-refractivity contribution >= 4 is 0 Å². The van der Waals surface area contributed by atoms with E-state index in [0.29, 0.717) is 6.54 Å². The van der Waals surface area contributed by atoms with Crippen LogP contribution in [0.1, 0.15) is 43.5 Å². The van der Waals surface area contributed by atoms with E-state index >= 15 is 0 Å². The minimum Gasteiger partial charge on any atom is -0.312 e. The molecule has 1 aliphatic heterocycles. The van der Waals surface area contributed by atoms with E-state index in [1.165, 1.54) is 17.7 Å². The van der Waals surface area contributed by atoms with Crippen LogP contribution in [-0.2, 0) is 26.1 Å². The van der Waals surface area contributed by atoms with Crippen molar-refractivity contribution in [1.82, 2.24) is 14.8 Å². The molecule has 0 fully saturated rings. The second-order valence-corrected chi connectivity index (χ2v) is 5.71. The van der Waals surface area contributed by atoms with Crippen LogP contribution < -0.4 is 10.9 Å². The van der Waals surface area contributed by atoms with Gasteiger partial charge in [0.1, 0.15) is 0 Å². The summed E-state index contributed by atoms with van der Waals surface area (Å²) in [6.45, 7) is 8.69. The standard InChI is InChI=1S/C16H27N3O/c1-4-6-8-17-11-13-10-14-12-18(3)9-7-15(14)19(5-2)16(13)20/h10,17H,4-9,11-12H2,1-3H3. The Kier molecular flexibility index (Phi) is 5.38. The van der Waals surface area contributed by atoms with Crippen molar-refractivity contribution in [1.29, 1.82) is 0 Å². The zero-order valence-electron chi connectivity index (χ0n) is 13.0. The zero-order valence-corrected chi connectivity index (χ0v) is 13.0. The van der Waals surface area contributed by atoms with Crippen molar-refractivity contribution in [3.63, 3.8) is 0 Å². The van der Waals surface area contributed by atoms with Crippen LogP contribution in [0.15, 0.2) is 10.9 Å². The number of nitrogens with zero attached hydrogens (tertiary/aromatic N) is 2. The first-order chi connectivity index (χ1) is 9.67. The highest BCUT2D eigenvalue weighted by Crippen LogP contribution is 2.17. The Morgan fingerprint density at radius 2 is 2.15 bits per heavy atom. The number of nitrogens with one attached hydrogen (secondary N) is 1. The third-order valence-electron chi connectivity index (χ3n) is 4.07. The Morgan fingerprint density at radius 3 is 2.85 bits per heavy atom. The SMILES string of the molecule is CCCCNCc1cc2c(n(CC)c1=O)CCN(C)C2. The molecule has 2 heterocycles. The van der Waals surface area contributed by atoms with Crippen molar-refractivity contribution in [2.75, 3.05) is 20.1 Å². The molecule has 1 aliphatic rings. The summed E-state index contributed by atoms with van der Waals surface area (Å²) in [4.78, 5) is 14.8. The van der Waals surface area contributed by atoms with E-state index in [4.69, 9.17) is 0 Å². The summed E-state index contributed by atoms with van der Waals surface area (Å²) in [5.74, 6) is 0. The van der Waals surface area contributed by atoms with Gasteiger partial charge in [0.05, 0.1) is 0 Å². The van der Waals surface area contributed by atoms with Crippen molar-refractivity contribution in [2.24, 2.45) is 0 Å². The Labute approximate surface area is 121 Å². The third kappa shape index (κ3) is 3.30. The van der Waals surface area contributed by atoms with Crippen LogP contribution in [-0.4, -0.2) is 29.6 Å². The van der Waals surface area contributed by atoms with Crippen LogP contribution >= 0.6 is 0 Å². The fraction of sp³-hybridized carbons (Fsp3) is 0.688. The number of pyridine rings is 1. The molecule has 0 bridgehead atoms. The highest BCUT2D eigenvalue weighted by molar-refractivity contribution is 5.29. The van der Waals surface area contributed by atoms with Gasteiger partial charge in [-0.25, -0.2) is 0 Å². The number of hydrogen-bond acceptors (Lipinski definition) is 3. The van der Waals surface area contributed by atoms with Gasteiger partial charge in [0.2, 0.25) is 0 Å². The fourth-order valence-corrected chi connectivity index (χ4v) is 2.91. The number of likely N-dealkylation sites (N-methyl/N-ethyl adjacent to an activating group) is 1. The molecule has 1 aromatic rings. The van der Waals surface area contributed by atoms with Crippen molar-refractivity contribution in [3.8, 4) is 0 Å². The Morgan fingerprint density at radius 1 is 1.35 bits per heavy atom. The molecular weight excluding hydrogens is 250 g/mol. The van der Waals surface area contributed by atoms with Gasteiger partial charge in [0.25, 0.3) is 5.56 Å². The quantitative estimate of drug-likeness (QED) is 0.805. The van der Waals surface area contributed by atoms with E-state index in [2.05, 4.69) is 37.2 Å². The summed E-state index contributed by atoms with van der Waals surface area (Å²) >= 11 is 0. The molecule has 112 valence electrons. The summed E-state index contributed by atoms with van der Waals surface area (Å²) < 4.78 is 1.97. The van der Waals surface area contributed by atoms with E-state index in [-0.39, 0.29) is 5.56 Å². The average Bonchev–Trinajstić information content (AvgIpc) is 2.44. The summed E-state index contributed by atoms with van der Waals surface area (Å²) in [7, 11) is 2.14. The number of aromatic nitrogens is 1. The smallest absolute Gasteiger partial charge is 0.255 e. The van der Waals surface area contributed by atoms with Crippen LogP contribution in [0.4, 0.5) is 0 Å². The monoisotopic (exact) mass is 277 g/mol. The molecule has 2 rings (SSSR count). The minimum atomic E-state index is 0.194. The van der Waals surface area contributed by atoms with Crippen LogP contribution in [0.5, 0.6) is 0 Å². The minimum absolute atomic E-state index is 0.194. The van der Waals surface area contributed by atoms with Gasteiger partial charge in [-0.3, -0.25) is 4.79 Å². The molecule has 1 aromatic heterocycles. The summed E-state index contributed by atoms with van der Waals surface area (Å²) in [6.07, 6.45) is 3.33. The van der Waals surface area contributed by atoms with Crippen LogP contribution in [0.25, 0.3) is 0 Å². The van der Waals surface area contributed by atoms with E-state index in [1.54, 1.807) is 0 Å². The predicted molar refractivity (Wildman–Crippen MR) is 83.0 cm³/mol. The molecule has 0 unspecified atom stereocenters. The fourth-order valence-electron chi connectivity index (χ4n) is 2.91. The number of rotatable bonds is 6. The maximum atomic E-state index is 12.5. The normalized spacial score (nSPS) is 15.3. The van der Waals surface area contributed by atoms with E-state index in [1.807, 2.05) is 4.57 Å².